The molecule has 1 aromatic heterocycles. The zero-order chi connectivity index (χ0) is 17.0. The Morgan fingerprint density at radius 2 is 2.17 bits per heavy atom. The topological polar surface area (TPSA) is 70.4 Å². The molecule has 1 atom stereocenters. The van der Waals surface area contributed by atoms with Crippen molar-refractivity contribution in [2.24, 2.45) is 11.8 Å². The van der Waals surface area contributed by atoms with Gasteiger partial charge in [-0.05, 0) is 24.7 Å². The van der Waals surface area contributed by atoms with Gasteiger partial charge in [-0.25, -0.2) is 4.79 Å². The molecule has 23 heavy (non-hydrogen) atoms. The van der Waals surface area contributed by atoms with Crippen molar-refractivity contribution in [2.45, 2.75) is 53.0 Å². The number of hydrogen-bond donors (Lipinski definition) is 2. The zero-order valence-electron chi connectivity index (χ0n) is 14.7. The van der Waals surface area contributed by atoms with Gasteiger partial charge in [-0.15, -0.1) is 0 Å². The first-order chi connectivity index (χ1) is 10.9. The Balaban J connectivity index is 2.05. The molecule has 1 aliphatic heterocycles. The molecule has 1 aliphatic rings. The third-order valence-corrected chi connectivity index (χ3v) is 4.42. The summed E-state index contributed by atoms with van der Waals surface area (Å²) in [4.78, 5) is 14.2. The highest BCUT2D eigenvalue weighted by atomic mass is 16.3. The average Bonchev–Trinajstić information content (AvgIpc) is 3.11. The van der Waals surface area contributed by atoms with Gasteiger partial charge in [-0.3, -0.25) is 4.68 Å². The molecule has 1 aromatic rings. The lowest BCUT2D eigenvalue weighted by molar-refractivity contribution is 0.208. The van der Waals surface area contributed by atoms with Crippen LogP contribution in [0.2, 0.25) is 0 Å². The maximum Gasteiger partial charge on any atom is 0.321 e. The molecule has 0 spiro atoms. The first-order valence-corrected chi connectivity index (χ1v) is 8.64. The second-order valence-electron chi connectivity index (χ2n) is 7.22. The fraction of sp³-hybridized carbons (Fsp3) is 0.765. The van der Waals surface area contributed by atoms with E-state index in [2.05, 4.69) is 38.1 Å². The minimum absolute atomic E-state index is 0.0914. The summed E-state index contributed by atoms with van der Waals surface area (Å²) in [5.41, 5.74) is 1.89. The molecule has 6 heteroatoms. The summed E-state index contributed by atoms with van der Waals surface area (Å²) in [6.07, 6.45) is 3.70. The van der Waals surface area contributed by atoms with Crippen molar-refractivity contribution < 1.29 is 9.90 Å². The number of aliphatic hydroxyl groups is 1. The van der Waals surface area contributed by atoms with Crippen LogP contribution in [0.5, 0.6) is 0 Å². The van der Waals surface area contributed by atoms with Crippen LogP contribution >= 0.6 is 0 Å². The minimum atomic E-state index is -0.0914. The van der Waals surface area contributed by atoms with Crippen LogP contribution in [0, 0.1) is 11.8 Å². The van der Waals surface area contributed by atoms with Crippen LogP contribution in [0.3, 0.4) is 0 Å². The minimum Gasteiger partial charge on any atom is -0.396 e. The van der Waals surface area contributed by atoms with Crippen molar-refractivity contribution in [3.8, 4) is 0 Å². The summed E-state index contributed by atoms with van der Waals surface area (Å²) in [7, 11) is 0. The first kappa shape index (κ1) is 17.8. The van der Waals surface area contributed by atoms with Gasteiger partial charge in [0.05, 0.1) is 17.6 Å². The Morgan fingerprint density at radius 3 is 2.74 bits per heavy atom. The molecule has 2 heterocycles. The zero-order valence-corrected chi connectivity index (χ0v) is 14.7. The molecule has 2 amide bonds. The summed E-state index contributed by atoms with van der Waals surface area (Å²) in [6, 6.07) is -0.0914. The van der Waals surface area contributed by atoms with Crippen LogP contribution < -0.4 is 5.32 Å². The monoisotopic (exact) mass is 322 g/mol. The number of carbonyl (C=O) groups excluding carboxylic acids is 1. The Kier molecular flexibility index (Phi) is 6.04. The Labute approximate surface area is 138 Å². The fourth-order valence-corrected chi connectivity index (χ4v) is 3.02. The number of aromatic nitrogens is 2. The van der Waals surface area contributed by atoms with E-state index >= 15 is 0 Å². The van der Waals surface area contributed by atoms with E-state index in [1.165, 1.54) is 0 Å². The maximum atomic E-state index is 12.4. The number of rotatable bonds is 6. The summed E-state index contributed by atoms with van der Waals surface area (Å²) in [6.45, 7) is 11.0. The van der Waals surface area contributed by atoms with Gasteiger partial charge >= 0.3 is 6.03 Å². The van der Waals surface area contributed by atoms with Crippen molar-refractivity contribution in [1.29, 1.82) is 0 Å². The van der Waals surface area contributed by atoms with Crippen molar-refractivity contribution in [3.05, 3.63) is 11.9 Å². The highest BCUT2D eigenvalue weighted by Crippen LogP contribution is 2.26. The molecule has 6 nitrogen and oxygen atoms in total. The highest BCUT2D eigenvalue weighted by molar-refractivity contribution is 5.90. The molecule has 0 radical (unpaired) electrons. The van der Waals surface area contributed by atoms with Gasteiger partial charge in [0.15, 0.2) is 0 Å². The van der Waals surface area contributed by atoms with Gasteiger partial charge in [0.25, 0.3) is 0 Å². The molecule has 0 bridgehead atoms. The molecule has 0 aliphatic carbocycles. The normalized spacial score (nSPS) is 18.2. The molecule has 0 saturated carbocycles. The van der Waals surface area contributed by atoms with Crippen molar-refractivity contribution in [3.63, 3.8) is 0 Å². The summed E-state index contributed by atoms with van der Waals surface area (Å²) in [5.74, 6) is 1.13. The van der Waals surface area contributed by atoms with Crippen LogP contribution in [0.15, 0.2) is 6.20 Å². The summed E-state index contributed by atoms with van der Waals surface area (Å²) < 4.78 is 2.01. The van der Waals surface area contributed by atoms with Crippen LogP contribution in [0.4, 0.5) is 10.5 Å². The first-order valence-electron chi connectivity index (χ1n) is 8.64. The maximum absolute atomic E-state index is 12.4. The second-order valence-corrected chi connectivity index (χ2v) is 7.22. The number of carbonyl (C=O) groups is 1. The number of hydrogen-bond acceptors (Lipinski definition) is 3. The number of nitrogens with zero attached hydrogens (tertiary/aromatic N) is 3. The quantitative estimate of drug-likeness (QED) is 0.846. The van der Waals surface area contributed by atoms with Gasteiger partial charge in [0.2, 0.25) is 0 Å². The Morgan fingerprint density at radius 1 is 1.43 bits per heavy atom. The number of nitrogens with one attached hydrogen (secondary N) is 1. The highest BCUT2D eigenvalue weighted by Gasteiger charge is 2.27. The number of anilines is 1. The Bertz CT molecular complexity index is 525. The van der Waals surface area contributed by atoms with Crippen molar-refractivity contribution >= 4 is 11.7 Å². The largest absolute Gasteiger partial charge is 0.396 e. The van der Waals surface area contributed by atoms with E-state index in [0.717, 1.165) is 30.8 Å². The number of urea groups is 1. The summed E-state index contributed by atoms with van der Waals surface area (Å²) in [5, 5.41) is 16.7. The van der Waals surface area contributed by atoms with Crippen LogP contribution in [0.25, 0.3) is 0 Å². The van der Waals surface area contributed by atoms with Crippen molar-refractivity contribution in [1.82, 2.24) is 14.7 Å². The Hall–Kier alpha value is -1.56. The summed E-state index contributed by atoms with van der Waals surface area (Å²) >= 11 is 0. The predicted molar refractivity (Wildman–Crippen MR) is 91.6 cm³/mol. The van der Waals surface area contributed by atoms with E-state index < -0.39 is 0 Å². The van der Waals surface area contributed by atoms with Gasteiger partial charge < -0.3 is 15.3 Å². The average molecular weight is 322 g/mol. The lowest BCUT2D eigenvalue weighted by atomic mass is 10.1. The number of likely N-dealkylation sites (tertiary alicyclic amines) is 1. The van der Waals surface area contributed by atoms with E-state index in [1.807, 2.05) is 4.68 Å². The molecular formula is C17H30N4O2. The van der Waals surface area contributed by atoms with E-state index in [4.69, 9.17) is 0 Å². The number of aryl methyl sites for hydroxylation is 1. The molecule has 1 fully saturated rings. The van der Waals surface area contributed by atoms with E-state index in [1.54, 1.807) is 11.1 Å². The second kappa shape index (κ2) is 7.81. The standard InChI is InChI=1S/C17H30N4O2/c1-12(2)5-8-21-16(13(3)4)15(9-18-21)19-17(23)20-7-6-14(10-20)11-22/h9,12-14,22H,5-8,10-11H2,1-4H3,(H,19,23). The third-order valence-electron chi connectivity index (χ3n) is 4.42. The predicted octanol–water partition coefficient (Wildman–Crippen LogP) is 2.90. The molecule has 1 saturated heterocycles. The molecule has 0 aromatic carbocycles. The van der Waals surface area contributed by atoms with Gasteiger partial charge in [-0.2, -0.15) is 5.10 Å². The fourth-order valence-electron chi connectivity index (χ4n) is 3.02. The van der Waals surface area contributed by atoms with E-state index in [0.29, 0.717) is 24.9 Å². The van der Waals surface area contributed by atoms with Crippen LogP contribution in [-0.4, -0.2) is 45.5 Å². The number of amides is 2. The van der Waals surface area contributed by atoms with Crippen LogP contribution in [-0.2, 0) is 6.54 Å². The SMILES string of the molecule is CC(C)CCn1ncc(NC(=O)N2CCC(CO)C2)c1C(C)C. The van der Waals surface area contributed by atoms with E-state index in [-0.39, 0.29) is 18.6 Å². The molecule has 1 unspecified atom stereocenters. The number of aliphatic hydroxyl groups excluding tert-OH is 1. The third kappa shape index (κ3) is 4.47. The molecular weight excluding hydrogens is 292 g/mol. The smallest absolute Gasteiger partial charge is 0.321 e. The van der Waals surface area contributed by atoms with Crippen molar-refractivity contribution in [2.75, 3.05) is 25.0 Å². The molecule has 130 valence electrons. The van der Waals surface area contributed by atoms with Gasteiger partial charge in [0, 0.05) is 32.2 Å². The van der Waals surface area contributed by atoms with E-state index in [9.17, 15) is 9.90 Å². The molecule has 2 rings (SSSR count). The van der Waals surface area contributed by atoms with Crippen LogP contribution in [0.1, 0.15) is 52.1 Å². The lowest BCUT2D eigenvalue weighted by Crippen LogP contribution is -2.33. The lowest BCUT2D eigenvalue weighted by Gasteiger charge is -2.18. The van der Waals surface area contributed by atoms with Gasteiger partial charge in [0.1, 0.15) is 0 Å². The van der Waals surface area contributed by atoms with Gasteiger partial charge in [-0.1, -0.05) is 27.7 Å². The molecule has 2 N–H and O–H groups in total.